The Morgan fingerprint density at radius 2 is 1.00 bits per heavy atom. The maximum atomic E-state index is 0. The van der Waals surface area contributed by atoms with Crippen molar-refractivity contribution in [1.29, 1.82) is 0 Å². The van der Waals surface area contributed by atoms with E-state index in [1.165, 1.54) is 0 Å². The van der Waals surface area contributed by atoms with Crippen molar-refractivity contribution in [1.82, 2.24) is 0 Å². The molecule has 0 unspecified atom stereocenters. The van der Waals surface area contributed by atoms with Crippen LogP contribution >= 0.6 is 0 Å². The van der Waals surface area contributed by atoms with Gasteiger partial charge >= 0.3 is 37.7 Å². The zero-order valence-electron chi connectivity index (χ0n) is 2.99. The Labute approximate surface area is 75.5 Å². The van der Waals surface area contributed by atoms with E-state index in [0.29, 0.717) is 0 Å². The molecule has 0 aromatic carbocycles. The zero-order valence-corrected chi connectivity index (χ0v) is 10.2. The molecular formula is H3BCaSiZn. The van der Waals surface area contributed by atoms with Crippen LogP contribution < -0.4 is 0 Å². The summed E-state index contributed by atoms with van der Waals surface area (Å²) in [6.45, 7) is 0. The van der Waals surface area contributed by atoms with Gasteiger partial charge in [0, 0.05) is 19.5 Å². The molecule has 0 aromatic rings. The van der Waals surface area contributed by atoms with E-state index in [0.717, 1.165) is 0 Å². The number of rotatable bonds is 0. The first kappa shape index (κ1) is 35.1. The Bertz CT molecular complexity index is 8.00. The topological polar surface area (TPSA) is 0 Å². The van der Waals surface area contributed by atoms with Crippen LogP contribution in [0, 0.1) is 0 Å². The van der Waals surface area contributed by atoms with E-state index in [-0.39, 0.29) is 76.6 Å². The molecule has 0 spiro atoms. The summed E-state index contributed by atoms with van der Waals surface area (Å²) in [6.07, 6.45) is 0. The van der Waals surface area contributed by atoms with Crippen LogP contribution in [0.3, 0.4) is 0 Å². The molecule has 0 amide bonds. The maximum Gasteiger partial charge on any atom is 2.00 e. The summed E-state index contributed by atoms with van der Waals surface area (Å²) in [5.41, 5.74) is 0. The quantitative estimate of drug-likeness (QED) is 0.350. The van der Waals surface area contributed by atoms with E-state index in [9.17, 15) is 0 Å². The average molecular weight is 147 g/mol. The average Bonchev–Trinajstić information content (AvgIpc) is 0. The van der Waals surface area contributed by atoms with Crippen LogP contribution in [0.4, 0.5) is 0 Å². The van der Waals surface area contributed by atoms with Gasteiger partial charge in [-0.05, 0) is 0 Å². The van der Waals surface area contributed by atoms with Gasteiger partial charge in [0.2, 0.25) is 0 Å². The normalized spacial score (nSPS) is 0. The summed E-state index contributed by atoms with van der Waals surface area (Å²) in [6, 6.07) is 0. The molecule has 0 atom stereocenters. The Morgan fingerprint density at radius 1 is 1.00 bits per heavy atom. The first-order chi connectivity index (χ1) is 0. The van der Waals surface area contributed by atoms with Gasteiger partial charge in [-0.2, -0.15) is 0 Å². The largest absolute Gasteiger partial charge is 2.00 e. The molecule has 0 saturated carbocycles. The smallest absolute Gasteiger partial charge is 1.00 e. The molecule has 0 saturated heterocycles. The summed E-state index contributed by atoms with van der Waals surface area (Å²) in [4.78, 5) is 0. The fourth-order valence-electron chi connectivity index (χ4n) is 0. The third-order valence-corrected chi connectivity index (χ3v) is 0. The van der Waals surface area contributed by atoms with E-state index in [4.69, 9.17) is 0 Å². The van der Waals surface area contributed by atoms with Crippen molar-refractivity contribution < 1.29 is 19.5 Å². The molecule has 0 bridgehead atoms. The standard InChI is InChI=1S/B.Ca.H3Si.Zn/h;;1H3;/q-1;+2;-1;. The van der Waals surface area contributed by atoms with Crippen LogP contribution in [0.5, 0.6) is 0 Å². The molecule has 0 rings (SSSR count). The summed E-state index contributed by atoms with van der Waals surface area (Å²) >= 11 is 0. The molecule has 4 heavy (non-hydrogen) atoms. The second kappa shape index (κ2) is 19.1. The Balaban J connectivity index is 0. The van der Waals surface area contributed by atoms with Crippen LogP contribution in [-0.2, 0) is 19.5 Å². The van der Waals surface area contributed by atoms with Crippen LogP contribution in [0.2, 0.25) is 0 Å². The van der Waals surface area contributed by atoms with E-state index in [1.54, 1.807) is 0 Å². The third-order valence-electron chi connectivity index (χ3n) is 0. The SMILES string of the molecule is [B-].[Ca+2].[SiH3-].[Zn]. The Morgan fingerprint density at radius 3 is 1.00 bits per heavy atom. The van der Waals surface area contributed by atoms with Crippen LogP contribution in [0.15, 0.2) is 0 Å². The minimum atomic E-state index is 0. The first-order valence-electron chi connectivity index (χ1n) is 0. The van der Waals surface area contributed by atoms with Gasteiger partial charge in [0.25, 0.3) is 0 Å². The molecular weight excluding hydrogens is 144 g/mol. The predicted molar refractivity (Wildman–Crippen MR) is 21.4 cm³/mol. The second-order valence-corrected chi connectivity index (χ2v) is 0. The predicted octanol–water partition coefficient (Wildman–Crippen LogP) is -1.95. The molecule has 0 aliphatic carbocycles. The zero-order chi connectivity index (χ0) is 0. The van der Waals surface area contributed by atoms with Crippen molar-refractivity contribution in [2.45, 2.75) is 0 Å². The molecule has 0 nitrogen and oxygen atoms in total. The van der Waals surface area contributed by atoms with E-state index in [1.807, 2.05) is 0 Å². The molecule has 4 radical (unpaired) electrons. The second-order valence-electron chi connectivity index (χ2n) is 0. The van der Waals surface area contributed by atoms with Gasteiger partial charge < -0.3 is 19.4 Å². The fraction of sp³-hybridized carbons (Fsp3) is 0. The summed E-state index contributed by atoms with van der Waals surface area (Å²) in [5.74, 6) is 0. The van der Waals surface area contributed by atoms with Crippen molar-refractivity contribution in [3.63, 3.8) is 0 Å². The molecule has 0 aliphatic heterocycles. The molecule has 0 fully saturated rings. The Kier molecular flexibility index (Phi) is 168. The number of hydrogen-bond donors (Lipinski definition) is 0. The van der Waals surface area contributed by atoms with Gasteiger partial charge in [-0.25, -0.2) is 0 Å². The van der Waals surface area contributed by atoms with Gasteiger partial charge in [-0.15, -0.1) is 0 Å². The molecule has 4 heteroatoms. The third kappa shape index (κ3) is 8.90. The first-order valence-corrected chi connectivity index (χ1v) is 0. The molecule has 0 N–H and O–H groups in total. The van der Waals surface area contributed by atoms with Crippen molar-refractivity contribution in [2.75, 3.05) is 0 Å². The fourth-order valence-corrected chi connectivity index (χ4v) is 0. The van der Waals surface area contributed by atoms with Gasteiger partial charge in [-0.3, -0.25) is 0 Å². The minimum Gasteiger partial charge on any atom is -1.00 e. The molecule has 0 heterocycles. The summed E-state index contributed by atoms with van der Waals surface area (Å²) in [5, 5.41) is 0. The van der Waals surface area contributed by atoms with Gasteiger partial charge in [0.1, 0.15) is 0 Å². The minimum absolute atomic E-state index is 0. The van der Waals surface area contributed by atoms with E-state index >= 15 is 0 Å². The monoisotopic (exact) mass is 146 g/mol. The number of hydrogen-bond acceptors (Lipinski definition) is 0. The molecule has 14 valence electrons. The Hall–Kier alpha value is 2.16. The van der Waals surface area contributed by atoms with Crippen molar-refractivity contribution in [2.24, 2.45) is 0 Å². The summed E-state index contributed by atoms with van der Waals surface area (Å²) in [7, 11) is 0. The van der Waals surface area contributed by atoms with Crippen LogP contribution in [0.1, 0.15) is 0 Å². The van der Waals surface area contributed by atoms with Crippen LogP contribution in [-0.4, -0.2) is 57.1 Å². The van der Waals surface area contributed by atoms with Crippen molar-refractivity contribution >= 4 is 57.1 Å². The van der Waals surface area contributed by atoms with Crippen molar-refractivity contribution in [3.8, 4) is 0 Å². The van der Waals surface area contributed by atoms with Gasteiger partial charge in [0.05, 0.1) is 0 Å². The van der Waals surface area contributed by atoms with Crippen molar-refractivity contribution in [3.05, 3.63) is 0 Å². The molecule has 0 aromatic heterocycles. The maximum absolute atomic E-state index is 0. The van der Waals surface area contributed by atoms with Gasteiger partial charge in [-0.1, -0.05) is 0 Å². The van der Waals surface area contributed by atoms with Gasteiger partial charge in [0.15, 0.2) is 0 Å². The van der Waals surface area contributed by atoms with E-state index in [2.05, 4.69) is 0 Å². The molecule has 0 aliphatic rings. The summed E-state index contributed by atoms with van der Waals surface area (Å²) < 4.78 is 0. The van der Waals surface area contributed by atoms with Crippen LogP contribution in [0.25, 0.3) is 0 Å². The van der Waals surface area contributed by atoms with E-state index < -0.39 is 0 Å².